The number of ether oxygens (including phenoxy) is 1. The Kier molecular flexibility index (Phi) is 14.1. The van der Waals surface area contributed by atoms with Crippen molar-refractivity contribution in [1.29, 1.82) is 0 Å². The molecule has 0 heterocycles. The minimum atomic E-state index is -0.208. The SMILES string of the molecule is CC.Cc1cccc(CO)c1.O=C(CN(Cc1ccccc1)Cc1ccccc1)OCc1ccccc1. The van der Waals surface area contributed by atoms with Crippen molar-refractivity contribution in [3.05, 3.63) is 143 Å². The summed E-state index contributed by atoms with van der Waals surface area (Å²) in [7, 11) is 0. The second-order valence-electron chi connectivity index (χ2n) is 8.41. The number of nitrogens with zero attached hydrogens (tertiary/aromatic N) is 1. The standard InChI is InChI=1S/C23H23NO2.C8H10O.C2H6/c25-23(26-19-22-14-8-3-9-15-22)18-24(16-20-10-4-1-5-11-20)17-21-12-6-2-7-13-21;1-7-3-2-4-8(5-7)6-9;1-2/h1-15H,16-19H2;2-5,9H,6H2,1H3;1-2H3. The summed E-state index contributed by atoms with van der Waals surface area (Å²) in [6, 6.07) is 38.0. The summed E-state index contributed by atoms with van der Waals surface area (Å²) in [5.41, 5.74) is 5.54. The van der Waals surface area contributed by atoms with Gasteiger partial charge in [-0.1, -0.05) is 135 Å². The lowest BCUT2D eigenvalue weighted by Gasteiger charge is -2.21. The lowest BCUT2D eigenvalue weighted by Crippen LogP contribution is -2.30. The number of esters is 1. The highest BCUT2D eigenvalue weighted by molar-refractivity contribution is 5.71. The van der Waals surface area contributed by atoms with Crippen LogP contribution in [-0.2, 0) is 35.8 Å². The summed E-state index contributed by atoms with van der Waals surface area (Å²) < 4.78 is 5.45. The number of carbonyl (C=O) groups excluding carboxylic acids is 1. The second-order valence-corrected chi connectivity index (χ2v) is 8.41. The van der Waals surface area contributed by atoms with Gasteiger partial charge in [0.2, 0.25) is 0 Å². The topological polar surface area (TPSA) is 49.8 Å². The van der Waals surface area contributed by atoms with Gasteiger partial charge < -0.3 is 9.84 Å². The molecule has 1 N–H and O–H groups in total. The van der Waals surface area contributed by atoms with Gasteiger partial charge in [-0.05, 0) is 29.2 Å². The number of benzene rings is 4. The molecular weight excluding hydrogens is 458 g/mol. The van der Waals surface area contributed by atoms with Gasteiger partial charge in [-0.25, -0.2) is 0 Å². The maximum Gasteiger partial charge on any atom is 0.320 e. The highest BCUT2D eigenvalue weighted by Gasteiger charge is 2.13. The molecule has 0 saturated heterocycles. The number of rotatable bonds is 9. The van der Waals surface area contributed by atoms with Crippen molar-refractivity contribution in [3.8, 4) is 0 Å². The molecule has 0 spiro atoms. The molecule has 0 aromatic heterocycles. The van der Waals surface area contributed by atoms with Crippen LogP contribution in [0.5, 0.6) is 0 Å². The van der Waals surface area contributed by atoms with E-state index < -0.39 is 0 Å². The summed E-state index contributed by atoms with van der Waals surface area (Å²) in [6.07, 6.45) is 0. The molecule has 194 valence electrons. The first kappa shape index (κ1) is 29.5. The summed E-state index contributed by atoms with van der Waals surface area (Å²) in [5, 5.41) is 8.66. The van der Waals surface area contributed by atoms with Gasteiger partial charge in [0.1, 0.15) is 6.61 Å². The van der Waals surface area contributed by atoms with Crippen molar-refractivity contribution in [2.24, 2.45) is 0 Å². The molecule has 37 heavy (non-hydrogen) atoms. The van der Waals surface area contributed by atoms with Crippen molar-refractivity contribution in [2.45, 2.75) is 47.1 Å². The van der Waals surface area contributed by atoms with Crippen LogP contribution in [0, 0.1) is 6.92 Å². The number of aryl methyl sites for hydroxylation is 1. The van der Waals surface area contributed by atoms with E-state index in [2.05, 4.69) is 29.2 Å². The fourth-order valence-electron chi connectivity index (χ4n) is 3.63. The zero-order valence-corrected chi connectivity index (χ0v) is 22.2. The Balaban J connectivity index is 0.000000367. The quantitative estimate of drug-likeness (QED) is 0.254. The maximum atomic E-state index is 12.3. The summed E-state index contributed by atoms with van der Waals surface area (Å²) in [5.74, 6) is -0.208. The zero-order valence-electron chi connectivity index (χ0n) is 22.2. The Hall–Kier alpha value is -3.73. The summed E-state index contributed by atoms with van der Waals surface area (Å²) in [4.78, 5) is 14.5. The van der Waals surface area contributed by atoms with Crippen LogP contribution in [0.4, 0.5) is 0 Å². The van der Waals surface area contributed by atoms with Gasteiger partial charge in [0.05, 0.1) is 13.2 Å². The number of hydrogen-bond donors (Lipinski definition) is 1. The molecule has 0 radical (unpaired) electrons. The van der Waals surface area contributed by atoms with Crippen LogP contribution in [0.3, 0.4) is 0 Å². The minimum Gasteiger partial charge on any atom is -0.460 e. The first-order valence-corrected chi connectivity index (χ1v) is 12.8. The third-order valence-electron chi connectivity index (χ3n) is 5.36. The van der Waals surface area contributed by atoms with Crippen molar-refractivity contribution < 1.29 is 14.6 Å². The Bertz CT molecular complexity index is 1090. The Morgan fingerprint density at radius 1 is 0.676 bits per heavy atom. The summed E-state index contributed by atoms with van der Waals surface area (Å²) in [6.45, 7) is 8.13. The van der Waals surface area contributed by atoms with Crippen LogP contribution in [0.15, 0.2) is 115 Å². The van der Waals surface area contributed by atoms with E-state index >= 15 is 0 Å². The average Bonchev–Trinajstić information content (AvgIpc) is 2.95. The molecule has 4 heteroatoms. The van der Waals surface area contributed by atoms with E-state index in [9.17, 15) is 4.79 Å². The van der Waals surface area contributed by atoms with E-state index in [-0.39, 0.29) is 19.1 Å². The van der Waals surface area contributed by atoms with Gasteiger partial charge in [-0.15, -0.1) is 0 Å². The van der Waals surface area contributed by atoms with Crippen LogP contribution < -0.4 is 0 Å². The first-order valence-electron chi connectivity index (χ1n) is 12.8. The molecule has 4 rings (SSSR count). The summed E-state index contributed by atoms with van der Waals surface area (Å²) >= 11 is 0. The molecule has 0 aliphatic carbocycles. The van der Waals surface area contributed by atoms with Crippen LogP contribution in [0.25, 0.3) is 0 Å². The molecule has 4 aromatic carbocycles. The van der Waals surface area contributed by atoms with Crippen LogP contribution >= 0.6 is 0 Å². The molecule has 0 fully saturated rings. The van der Waals surface area contributed by atoms with Crippen molar-refractivity contribution in [1.82, 2.24) is 4.90 Å². The smallest absolute Gasteiger partial charge is 0.320 e. The predicted molar refractivity (Wildman–Crippen MR) is 152 cm³/mol. The van der Waals surface area contributed by atoms with Crippen molar-refractivity contribution >= 4 is 5.97 Å². The van der Waals surface area contributed by atoms with Crippen LogP contribution in [0.2, 0.25) is 0 Å². The monoisotopic (exact) mass is 497 g/mol. The van der Waals surface area contributed by atoms with Gasteiger partial charge in [0.25, 0.3) is 0 Å². The largest absolute Gasteiger partial charge is 0.460 e. The van der Waals surface area contributed by atoms with Crippen LogP contribution in [0.1, 0.15) is 41.7 Å². The third-order valence-corrected chi connectivity index (χ3v) is 5.36. The van der Waals surface area contributed by atoms with Gasteiger partial charge in [0, 0.05) is 13.1 Å². The number of carbonyl (C=O) groups is 1. The van der Waals surface area contributed by atoms with E-state index in [0.717, 1.165) is 11.1 Å². The lowest BCUT2D eigenvalue weighted by molar-refractivity contribution is -0.146. The number of aliphatic hydroxyl groups excluding tert-OH is 1. The molecule has 0 aliphatic heterocycles. The molecular formula is C33H39NO3. The molecule has 0 saturated carbocycles. The number of hydrogen-bond acceptors (Lipinski definition) is 4. The van der Waals surface area contributed by atoms with Crippen molar-refractivity contribution in [3.63, 3.8) is 0 Å². The fraction of sp³-hybridized carbons (Fsp3) is 0.242. The molecule has 0 bridgehead atoms. The van der Waals surface area contributed by atoms with E-state index in [1.54, 1.807) is 0 Å². The van der Waals surface area contributed by atoms with Gasteiger partial charge >= 0.3 is 5.97 Å². The molecule has 0 amide bonds. The molecule has 0 aliphatic rings. The first-order chi connectivity index (χ1) is 18.1. The Morgan fingerprint density at radius 3 is 1.57 bits per heavy atom. The number of aliphatic hydroxyl groups is 1. The normalized spacial score (nSPS) is 9.97. The molecule has 4 nitrogen and oxygen atoms in total. The third kappa shape index (κ3) is 12.2. The van der Waals surface area contributed by atoms with E-state index in [1.807, 2.05) is 112 Å². The molecule has 0 atom stereocenters. The lowest BCUT2D eigenvalue weighted by atomic mass is 10.1. The Morgan fingerprint density at radius 2 is 1.14 bits per heavy atom. The van der Waals surface area contributed by atoms with Gasteiger partial charge in [-0.2, -0.15) is 0 Å². The Labute approximate surface area is 222 Å². The van der Waals surface area contributed by atoms with E-state index in [4.69, 9.17) is 9.84 Å². The maximum absolute atomic E-state index is 12.3. The molecule has 4 aromatic rings. The predicted octanol–water partition coefficient (Wildman–Crippen LogP) is 6.95. The molecule has 0 unspecified atom stereocenters. The minimum absolute atomic E-state index is 0.141. The highest BCUT2D eigenvalue weighted by atomic mass is 16.5. The van der Waals surface area contributed by atoms with Crippen molar-refractivity contribution in [2.75, 3.05) is 6.54 Å². The average molecular weight is 498 g/mol. The van der Waals surface area contributed by atoms with Gasteiger partial charge in [-0.3, -0.25) is 9.69 Å². The van der Waals surface area contributed by atoms with Crippen LogP contribution in [-0.4, -0.2) is 22.5 Å². The highest BCUT2D eigenvalue weighted by Crippen LogP contribution is 2.11. The van der Waals surface area contributed by atoms with E-state index in [0.29, 0.717) is 19.7 Å². The fourth-order valence-corrected chi connectivity index (χ4v) is 3.63. The second kappa shape index (κ2) is 17.7. The van der Waals surface area contributed by atoms with Gasteiger partial charge in [0.15, 0.2) is 0 Å². The zero-order chi connectivity index (χ0) is 26.7. The van der Waals surface area contributed by atoms with E-state index in [1.165, 1.54) is 16.7 Å².